The summed E-state index contributed by atoms with van der Waals surface area (Å²) < 4.78 is 11.6. The second-order valence-electron chi connectivity index (χ2n) is 10.8. The van der Waals surface area contributed by atoms with E-state index in [1.165, 1.54) is 19.3 Å². The van der Waals surface area contributed by atoms with E-state index in [4.69, 9.17) is 9.47 Å². The maximum atomic E-state index is 12.9. The monoisotopic (exact) mass is 394 g/mol. The molecule has 28 heavy (non-hydrogen) atoms. The average molecular weight is 395 g/mol. The van der Waals surface area contributed by atoms with Crippen LogP contribution < -0.4 is 0 Å². The number of hydrogen-bond donors (Lipinski definition) is 0. The van der Waals surface area contributed by atoms with E-state index >= 15 is 0 Å². The van der Waals surface area contributed by atoms with E-state index in [0.717, 1.165) is 44.9 Å². The molecule has 2 rings (SSSR count). The maximum Gasteiger partial charge on any atom is 0.344 e. The molecule has 4 heteroatoms. The third kappa shape index (κ3) is 5.30. The number of carbonyl (C=O) groups excluding carboxylic acids is 2. The van der Waals surface area contributed by atoms with Gasteiger partial charge in [-0.25, -0.2) is 4.79 Å². The predicted octanol–water partition coefficient (Wildman–Crippen LogP) is 6.06. The van der Waals surface area contributed by atoms with Crippen LogP contribution in [0.2, 0.25) is 0 Å². The molecular weight excluding hydrogens is 352 g/mol. The van der Waals surface area contributed by atoms with Crippen molar-refractivity contribution in [1.82, 2.24) is 0 Å². The first-order valence-electron chi connectivity index (χ1n) is 11.4. The SMILES string of the molecule is CC(C)CC(C)(C(=O)OCC(=O)OC1(C2CCCC2)CCCCC1)C(C)(C)C. The van der Waals surface area contributed by atoms with E-state index in [0.29, 0.717) is 11.8 Å². The third-order valence-electron chi connectivity index (χ3n) is 7.36. The molecule has 0 saturated heterocycles. The van der Waals surface area contributed by atoms with Gasteiger partial charge >= 0.3 is 11.9 Å². The Balaban J connectivity index is 2.00. The fourth-order valence-electron chi connectivity index (χ4n) is 5.25. The summed E-state index contributed by atoms with van der Waals surface area (Å²) in [6.45, 7) is 12.1. The number of esters is 2. The predicted molar refractivity (Wildman–Crippen MR) is 112 cm³/mol. The number of hydrogen-bond acceptors (Lipinski definition) is 4. The smallest absolute Gasteiger partial charge is 0.344 e. The number of rotatable bonds is 7. The minimum atomic E-state index is -0.630. The molecular formula is C24H42O4. The van der Waals surface area contributed by atoms with Crippen molar-refractivity contribution in [3.8, 4) is 0 Å². The van der Waals surface area contributed by atoms with Crippen LogP contribution in [0.25, 0.3) is 0 Å². The minimum Gasteiger partial charge on any atom is -0.456 e. The van der Waals surface area contributed by atoms with Crippen LogP contribution in [0.5, 0.6) is 0 Å². The van der Waals surface area contributed by atoms with Crippen molar-refractivity contribution in [1.29, 1.82) is 0 Å². The van der Waals surface area contributed by atoms with Crippen LogP contribution in [0.1, 0.15) is 106 Å². The van der Waals surface area contributed by atoms with Crippen molar-refractivity contribution in [2.24, 2.45) is 22.7 Å². The van der Waals surface area contributed by atoms with Gasteiger partial charge in [0, 0.05) is 0 Å². The summed E-state index contributed by atoms with van der Waals surface area (Å²) >= 11 is 0. The Morgan fingerprint density at radius 2 is 1.54 bits per heavy atom. The summed E-state index contributed by atoms with van der Waals surface area (Å²) in [4.78, 5) is 25.6. The molecule has 0 N–H and O–H groups in total. The molecule has 0 heterocycles. The summed E-state index contributed by atoms with van der Waals surface area (Å²) in [5.74, 6) is 0.192. The molecule has 0 aliphatic heterocycles. The van der Waals surface area contributed by atoms with Crippen LogP contribution in [-0.4, -0.2) is 24.1 Å². The van der Waals surface area contributed by atoms with Crippen molar-refractivity contribution >= 4 is 11.9 Å². The Kier molecular flexibility index (Phi) is 7.61. The third-order valence-corrected chi connectivity index (χ3v) is 7.36. The Hall–Kier alpha value is -1.06. The van der Waals surface area contributed by atoms with Crippen molar-refractivity contribution < 1.29 is 19.1 Å². The average Bonchev–Trinajstić information content (AvgIpc) is 3.14. The van der Waals surface area contributed by atoms with Gasteiger partial charge < -0.3 is 9.47 Å². The molecule has 4 nitrogen and oxygen atoms in total. The molecule has 2 saturated carbocycles. The molecule has 0 radical (unpaired) electrons. The van der Waals surface area contributed by atoms with Gasteiger partial charge in [-0.15, -0.1) is 0 Å². The molecule has 162 valence electrons. The molecule has 0 aromatic carbocycles. The van der Waals surface area contributed by atoms with Crippen molar-refractivity contribution in [2.45, 2.75) is 111 Å². The van der Waals surface area contributed by atoms with Gasteiger partial charge in [0.2, 0.25) is 0 Å². The lowest BCUT2D eigenvalue weighted by Crippen LogP contribution is -2.46. The van der Waals surface area contributed by atoms with Crippen LogP contribution in [0.3, 0.4) is 0 Å². The summed E-state index contributed by atoms with van der Waals surface area (Å²) in [5.41, 5.74) is -1.19. The van der Waals surface area contributed by atoms with Gasteiger partial charge in [-0.05, 0) is 69.1 Å². The Bertz CT molecular complexity index is 533. The van der Waals surface area contributed by atoms with Crippen LogP contribution in [0.4, 0.5) is 0 Å². The molecule has 2 fully saturated rings. The molecule has 2 aliphatic rings. The van der Waals surface area contributed by atoms with Gasteiger partial charge in [-0.1, -0.05) is 53.9 Å². The second-order valence-corrected chi connectivity index (χ2v) is 10.8. The zero-order valence-corrected chi connectivity index (χ0v) is 19.1. The van der Waals surface area contributed by atoms with Crippen LogP contribution >= 0.6 is 0 Å². The Morgan fingerprint density at radius 1 is 0.964 bits per heavy atom. The summed E-state index contributed by atoms with van der Waals surface area (Å²) in [6.07, 6.45) is 10.9. The van der Waals surface area contributed by atoms with E-state index in [2.05, 4.69) is 34.6 Å². The van der Waals surface area contributed by atoms with Crippen LogP contribution in [0, 0.1) is 22.7 Å². The summed E-state index contributed by atoms with van der Waals surface area (Å²) in [7, 11) is 0. The maximum absolute atomic E-state index is 12.9. The van der Waals surface area contributed by atoms with Gasteiger partial charge in [-0.2, -0.15) is 0 Å². The molecule has 0 aromatic rings. The summed E-state index contributed by atoms with van der Waals surface area (Å²) in [5, 5.41) is 0. The first-order valence-corrected chi connectivity index (χ1v) is 11.4. The highest BCUT2D eigenvalue weighted by Gasteiger charge is 2.47. The minimum absolute atomic E-state index is 0.243. The van der Waals surface area contributed by atoms with Crippen molar-refractivity contribution in [3.63, 3.8) is 0 Å². The van der Waals surface area contributed by atoms with Gasteiger partial charge in [0.25, 0.3) is 0 Å². The first-order chi connectivity index (χ1) is 13.0. The zero-order valence-electron chi connectivity index (χ0n) is 19.1. The highest BCUT2D eigenvalue weighted by atomic mass is 16.6. The van der Waals surface area contributed by atoms with Gasteiger partial charge in [0.15, 0.2) is 6.61 Å². The quantitative estimate of drug-likeness (QED) is 0.492. The standard InChI is InChI=1S/C24H42O4/c1-18(2)16-23(6,22(3,4)5)21(26)27-17-20(25)28-24(14-10-7-11-15-24)19-12-8-9-13-19/h18-19H,7-17H2,1-6H3. The zero-order chi connectivity index (χ0) is 21.0. The van der Waals surface area contributed by atoms with Crippen molar-refractivity contribution in [2.75, 3.05) is 6.61 Å². The fraction of sp³-hybridized carbons (Fsp3) is 0.917. The Morgan fingerprint density at radius 3 is 2.04 bits per heavy atom. The largest absolute Gasteiger partial charge is 0.456 e. The van der Waals surface area contributed by atoms with E-state index in [9.17, 15) is 9.59 Å². The lowest BCUT2D eigenvalue weighted by atomic mass is 9.64. The number of carbonyl (C=O) groups is 2. The summed E-state index contributed by atoms with van der Waals surface area (Å²) in [6, 6.07) is 0. The Labute approximate surface area is 172 Å². The van der Waals surface area contributed by atoms with Crippen LogP contribution in [-0.2, 0) is 19.1 Å². The van der Waals surface area contributed by atoms with E-state index < -0.39 is 5.41 Å². The van der Waals surface area contributed by atoms with E-state index in [-0.39, 0.29) is 29.6 Å². The molecule has 0 bridgehead atoms. The molecule has 0 amide bonds. The second kappa shape index (κ2) is 9.17. The molecule has 1 unspecified atom stereocenters. The molecule has 1 atom stereocenters. The number of ether oxygens (including phenoxy) is 2. The fourth-order valence-corrected chi connectivity index (χ4v) is 5.25. The van der Waals surface area contributed by atoms with E-state index in [1.807, 2.05) is 6.92 Å². The highest BCUT2D eigenvalue weighted by molar-refractivity contribution is 5.81. The van der Waals surface area contributed by atoms with Gasteiger partial charge in [0.05, 0.1) is 5.41 Å². The van der Waals surface area contributed by atoms with Gasteiger partial charge in [-0.3, -0.25) is 4.79 Å². The molecule has 2 aliphatic carbocycles. The first kappa shape index (κ1) is 23.2. The lowest BCUT2D eigenvalue weighted by molar-refractivity contribution is -0.184. The van der Waals surface area contributed by atoms with Crippen molar-refractivity contribution in [3.05, 3.63) is 0 Å². The van der Waals surface area contributed by atoms with Crippen LogP contribution in [0.15, 0.2) is 0 Å². The van der Waals surface area contributed by atoms with Gasteiger partial charge in [0.1, 0.15) is 5.60 Å². The van der Waals surface area contributed by atoms with E-state index in [1.54, 1.807) is 0 Å². The molecule has 0 spiro atoms. The highest BCUT2D eigenvalue weighted by Crippen LogP contribution is 2.46. The molecule has 0 aromatic heterocycles. The topological polar surface area (TPSA) is 52.6 Å². The lowest BCUT2D eigenvalue weighted by Gasteiger charge is -2.42. The normalized spacial score (nSPS) is 22.7.